The van der Waals surface area contributed by atoms with Crippen molar-refractivity contribution < 1.29 is 19.1 Å². The summed E-state index contributed by atoms with van der Waals surface area (Å²) >= 11 is 0. The van der Waals surface area contributed by atoms with Crippen LogP contribution < -0.4 is 5.73 Å². The van der Waals surface area contributed by atoms with E-state index in [1.54, 1.807) is 23.0 Å². The largest absolute Gasteiger partial charge is 0.475 e. The maximum Gasteiger partial charge on any atom is 0.371 e. The van der Waals surface area contributed by atoms with Crippen molar-refractivity contribution >= 4 is 22.8 Å². The number of carbonyl (C=O) groups excluding carboxylic acids is 1. The lowest BCUT2D eigenvalue weighted by Gasteiger charge is -2.01. The van der Waals surface area contributed by atoms with E-state index in [9.17, 15) is 9.59 Å². The number of fused-ring (bicyclic) bond motifs is 1. The van der Waals surface area contributed by atoms with Crippen molar-refractivity contribution in [3.8, 4) is 0 Å². The van der Waals surface area contributed by atoms with Crippen LogP contribution in [0.15, 0.2) is 40.9 Å². The van der Waals surface area contributed by atoms with Gasteiger partial charge in [0.2, 0.25) is 5.76 Å². The Bertz CT molecular complexity index is 847. The van der Waals surface area contributed by atoms with Crippen molar-refractivity contribution in [1.29, 1.82) is 0 Å². The molecule has 1 aromatic carbocycles. The molecule has 3 rings (SSSR count). The molecule has 0 spiro atoms. The van der Waals surface area contributed by atoms with Gasteiger partial charge in [0.1, 0.15) is 11.3 Å². The first kappa shape index (κ1) is 12.9. The quantitative estimate of drug-likeness (QED) is 0.754. The second-order valence-electron chi connectivity index (χ2n) is 4.55. The number of nitrogens with two attached hydrogens (primary N) is 1. The highest BCUT2D eigenvalue weighted by atomic mass is 16.4. The van der Waals surface area contributed by atoms with Crippen LogP contribution in [0.1, 0.15) is 26.6 Å². The number of hydrogen-bond donors (Lipinski definition) is 2. The van der Waals surface area contributed by atoms with E-state index in [0.717, 1.165) is 5.56 Å². The second kappa shape index (κ2) is 4.78. The van der Waals surface area contributed by atoms with E-state index < -0.39 is 11.9 Å². The van der Waals surface area contributed by atoms with Crippen LogP contribution in [0.4, 0.5) is 0 Å². The highest BCUT2D eigenvalue weighted by Crippen LogP contribution is 2.21. The summed E-state index contributed by atoms with van der Waals surface area (Å²) < 4.78 is 6.77. The van der Waals surface area contributed by atoms with E-state index in [4.69, 9.17) is 15.3 Å². The summed E-state index contributed by atoms with van der Waals surface area (Å²) in [7, 11) is 0. The van der Waals surface area contributed by atoms with Crippen molar-refractivity contribution in [3.05, 3.63) is 53.5 Å². The van der Waals surface area contributed by atoms with Gasteiger partial charge in [0, 0.05) is 11.6 Å². The molecule has 0 saturated heterocycles. The Kier molecular flexibility index (Phi) is 2.94. The van der Waals surface area contributed by atoms with Crippen LogP contribution in [0.3, 0.4) is 0 Å². The van der Waals surface area contributed by atoms with Crippen LogP contribution in [0.2, 0.25) is 0 Å². The normalized spacial score (nSPS) is 10.9. The number of benzene rings is 1. The molecule has 0 atom stereocenters. The number of nitrogens with zero attached hydrogens (tertiary/aromatic N) is 2. The maximum absolute atomic E-state index is 11.0. The molecule has 0 fully saturated rings. The molecule has 21 heavy (non-hydrogen) atoms. The molecule has 7 heteroatoms. The average molecular weight is 285 g/mol. The summed E-state index contributed by atoms with van der Waals surface area (Å²) in [4.78, 5) is 21.8. The van der Waals surface area contributed by atoms with Gasteiger partial charge >= 0.3 is 5.97 Å². The molecule has 7 nitrogen and oxygen atoms in total. The molecule has 0 aliphatic carbocycles. The first-order valence-corrected chi connectivity index (χ1v) is 6.12. The minimum Gasteiger partial charge on any atom is -0.475 e. The summed E-state index contributed by atoms with van der Waals surface area (Å²) in [5.74, 6) is -1.78. The van der Waals surface area contributed by atoms with E-state index in [1.165, 1.54) is 6.07 Å². The van der Waals surface area contributed by atoms with Crippen molar-refractivity contribution in [3.63, 3.8) is 0 Å². The predicted molar refractivity (Wildman–Crippen MR) is 73.0 cm³/mol. The Morgan fingerprint density at radius 2 is 2.10 bits per heavy atom. The lowest BCUT2D eigenvalue weighted by Crippen LogP contribution is -2.12. The van der Waals surface area contributed by atoms with E-state index in [-0.39, 0.29) is 11.5 Å². The number of aromatic carboxylic acids is 1. The van der Waals surface area contributed by atoms with E-state index in [0.29, 0.717) is 17.5 Å². The topological polar surface area (TPSA) is 111 Å². The number of carboxylic acid groups (broad SMARTS) is 1. The van der Waals surface area contributed by atoms with Crippen LogP contribution in [0.25, 0.3) is 11.0 Å². The molecule has 0 saturated carbocycles. The molecule has 2 aromatic heterocycles. The van der Waals surface area contributed by atoms with Crippen molar-refractivity contribution in [1.82, 2.24) is 9.78 Å². The van der Waals surface area contributed by atoms with E-state index >= 15 is 0 Å². The number of primary amides is 1. The molecule has 0 aliphatic heterocycles. The monoisotopic (exact) mass is 285 g/mol. The van der Waals surface area contributed by atoms with Gasteiger partial charge in [-0.3, -0.25) is 9.48 Å². The third-order valence-electron chi connectivity index (χ3n) is 3.03. The average Bonchev–Trinajstić information content (AvgIpc) is 3.04. The summed E-state index contributed by atoms with van der Waals surface area (Å²) in [6.45, 7) is 0.441. The Morgan fingerprint density at radius 3 is 2.76 bits per heavy atom. The number of carboxylic acids is 1. The van der Waals surface area contributed by atoms with Crippen LogP contribution >= 0.6 is 0 Å². The molecule has 2 heterocycles. The fraction of sp³-hybridized carbons (Fsp3) is 0.0714. The standard InChI is InChI=1S/C14H11N3O4/c15-13(18)10-3-4-17(16-10)7-8-1-2-11-9(5-8)6-12(21-11)14(19)20/h1-6H,7H2,(H2,15,18)(H,19,20). The number of furan rings is 1. The summed E-state index contributed by atoms with van der Waals surface area (Å²) in [5.41, 5.74) is 6.76. The van der Waals surface area contributed by atoms with Crippen molar-refractivity contribution in [2.24, 2.45) is 5.73 Å². The van der Waals surface area contributed by atoms with Crippen LogP contribution in [0.5, 0.6) is 0 Å². The Morgan fingerprint density at radius 1 is 1.29 bits per heavy atom. The molecule has 1 amide bonds. The molecule has 3 aromatic rings. The third kappa shape index (κ3) is 2.48. The van der Waals surface area contributed by atoms with Crippen LogP contribution in [-0.4, -0.2) is 26.8 Å². The Balaban J connectivity index is 1.89. The number of amides is 1. The Hall–Kier alpha value is -3.09. The molecule has 0 radical (unpaired) electrons. The van der Waals surface area contributed by atoms with Gasteiger partial charge in [-0.05, 0) is 29.8 Å². The zero-order chi connectivity index (χ0) is 15.0. The number of carbonyl (C=O) groups is 2. The van der Waals surface area contributed by atoms with Gasteiger partial charge in [-0.2, -0.15) is 5.10 Å². The summed E-state index contributed by atoms with van der Waals surface area (Å²) in [6, 6.07) is 8.34. The summed E-state index contributed by atoms with van der Waals surface area (Å²) in [5, 5.41) is 13.6. The zero-order valence-electron chi connectivity index (χ0n) is 10.8. The number of aromatic nitrogens is 2. The molecular weight excluding hydrogens is 274 g/mol. The zero-order valence-corrected chi connectivity index (χ0v) is 10.8. The first-order chi connectivity index (χ1) is 10.0. The maximum atomic E-state index is 11.0. The highest BCUT2D eigenvalue weighted by Gasteiger charge is 2.11. The van der Waals surface area contributed by atoms with Gasteiger partial charge in [0.15, 0.2) is 0 Å². The number of hydrogen-bond acceptors (Lipinski definition) is 4. The fourth-order valence-corrected chi connectivity index (χ4v) is 2.06. The molecule has 3 N–H and O–H groups in total. The third-order valence-corrected chi connectivity index (χ3v) is 3.03. The SMILES string of the molecule is NC(=O)c1ccn(Cc2ccc3oc(C(=O)O)cc3c2)n1. The van der Waals surface area contributed by atoms with Gasteiger partial charge in [-0.1, -0.05) is 6.07 Å². The van der Waals surface area contributed by atoms with Crippen molar-refractivity contribution in [2.45, 2.75) is 6.54 Å². The van der Waals surface area contributed by atoms with Gasteiger partial charge in [-0.15, -0.1) is 0 Å². The minimum absolute atomic E-state index is 0.0998. The Labute approximate surface area is 118 Å². The smallest absolute Gasteiger partial charge is 0.371 e. The number of rotatable bonds is 4. The van der Waals surface area contributed by atoms with Gasteiger partial charge in [0.05, 0.1) is 6.54 Å². The van der Waals surface area contributed by atoms with E-state index in [1.807, 2.05) is 12.1 Å². The van der Waals surface area contributed by atoms with Crippen molar-refractivity contribution in [2.75, 3.05) is 0 Å². The summed E-state index contributed by atoms with van der Waals surface area (Å²) in [6.07, 6.45) is 1.66. The fourth-order valence-electron chi connectivity index (χ4n) is 2.06. The molecule has 0 unspecified atom stereocenters. The first-order valence-electron chi connectivity index (χ1n) is 6.12. The molecule has 0 bridgehead atoms. The highest BCUT2D eigenvalue weighted by molar-refractivity contribution is 5.91. The predicted octanol–water partition coefficient (Wildman–Crippen LogP) is 1.47. The van der Waals surface area contributed by atoms with Gasteiger partial charge in [-0.25, -0.2) is 4.79 Å². The van der Waals surface area contributed by atoms with Gasteiger partial charge in [0.25, 0.3) is 5.91 Å². The van der Waals surface area contributed by atoms with Gasteiger partial charge < -0.3 is 15.3 Å². The van der Waals surface area contributed by atoms with E-state index in [2.05, 4.69) is 5.10 Å². The molecule has 106 valence electrons. The van der Waals surface area contributed by atoms with Crippen LogP contribution in [-0.2, 0) is 6.54 Å². The minimum atomic E-state index is -1.11. The lowest BCUT2D eigenvalue weighted by atomic mass is 10.1. The molecular formula is C14H11N3O4. The molecule has 0 aliphatic rings. The lowest BCUT2D eigenvalue weighted by molar-refractivity contribution is 0.0664. The second-order valence-corrected chi connectivity index (χ2v) is 4.55. The van der Waals surface area contributed by atoms with Crippen LogP contribution in [0, 0.1) is 0 Å².